The van der Waals surface area contributed by atoms with E-state index < -0.39 is 5.41 Å². The summed E-state index contributed by atoms with van der Waals surface area (Å²) in [4.78, 5) is 17.8. The van der Waals surface area contributed by atoms with Crippen LogP contribution in [0.2, 0.25) is 0 Å². The molecule has 0 bridgehead atoms. The third-order valence-electron chi connectivity index (χ3n) is 7.10. The van der Waals surface area contributed by atoms with Crippen LogP contribution in [-0.2, 0) is 16.6 Å². The SMILES string of the molecule is CN(C(=O)C1(c2ccc3c(c2)OCO3)CC1)c1ccc2c(c1)CC(C(C)(C)C)N2C. The highest BCUT2D eigenvalue weighted by molar-refractivity contribution is 6.03. The van der Waals surface area contributed by atoms with Gasteiger partial charge in [-0.3, -0.25) is 4.79 Å². The molecule has 1 unspecified atom stereocenters. The first-order valence-electron chi connectivity index (χ1n) is 10.7. The molecule has 30 heavy (non-hydrogen) atoms. The average molecular weight is 407 g/mol. The zero-order valence-electron chi connectivity index (χ0n) is 18.5. The van der Waals surface area contributed by atoms with Gasteiger partial charge >= 0.3 is 0 Å². The Morgan fingerprint density at radius 1 is 1.10 bits per heavy atom. The molecule has 2 heterocycles. The van der Waals surface area contributed by atoms with E-state index in [4.69, 9.17) is 9.47 Å². The van der Waals surface area contributed by atoms with Crippen molar-refractivity contribution in [3.8, 4) is 11.5 Å². The normalized spacial score (nSPS) is 20.8. The standard InChI is InChI=1S/C25H30N2O3/c1-24(2,3)22-13-16-12-18(7-8-19(16)27(22)5)26(4)23(28)25(10-11-25)17-6-9-20-21(14-17)30-15-29-20/h6-9,12,14,22H,10-11,13,15H2,1-5H3. The Morgan fingerprint density at radius 3 is 2.53 bits per heavy atom. The predicted octanol–water partition coefficient (Wildman–Crippen LogP) is 4.52. The number of hydrogen-bond acceptors (Lipinski definition) is 4. The summed E-state index contributed by atoms with van der Waals surface area (Å²) in [5.74, 6) is 1.65. The minimum Gasteiger partial charge on any atom is -0.454 e. The van der Waals surface area contributed by atoms with Crippen LogP contribution in [0, 0.1) is 5.41 Å². The van der Waals surface area contributed by atoms with E-state index in [1.807, 2.05) is 30.1 Å². The zero-order chi connectivity index (χ0) is 21.3. The van der Waals surface area contributed by atoms with Crippen molar-refractivity contribution in [1.29, 1.82) is 0 Å². The molecular formula is C25H30N2O3. The van der Waals surface area contributed by atoms with Gasteiger partial charge in [0.15, 0.2) is 11.5 Å². The molecule has 0 aromatic heterocycles. The van der Waals surface area contributed by atoms with Gasteiger partial charge in [-0.25, -0.2) is 0 Å². The number of nitrogens with zero attached hydrogens (tertiary/aromatic N) is 2. The number of rotatable bonds is 3. The Kier molecular flexibility index (Phi) is 4.12. The largest absolute Gasteiger partial charge is 0.454 e. The minimum absolute atomic E-state index is 0.153. The molecule has 5 nitrogen and oxygen atoms in total. The quantitative estimate of drug-likeness (QED) is 0.752. The van der Waals surface area contributed by atoms with Crippen molar-refractivity contribution >= 4 is 17.3 Å². The molecule has 0 radical (unpaired) electrons. The maximum Gasteiger partial charge on any atom is 0.237 e. The lowest BCUT2D eigenvalue weighted by Gasteiger charge is -2.34. The fraction of sp³-hybridized carbons (Fsp3) is 0.480. The highest BCUT2D eigenvalue weighted by Gasteiger charge is 2.53. The minimum atomic E-state index is -0.445. The molecule has 2 aromatic carbocycles. The van der Waals surface area contributed by atoms with Gasteiger partial charge in [-0.1, -0.05) is 26.8 Å². The first-order valence-corrected chi connectivity index (χ1v) is 10.7. The van der Waals surface area contributed by atoms with E-state index in [1.54, 1.807) is 0 Å². The molecule has 1 saturated carbocycles. The van der Waals surface area contributed by atoms with Gasteiger partial charge in [0.05, 0.1) is 5.41 Å². The highest BCUT2D eigenvalue weighted by atomic mass is 16.7. The second-order valence-corrected chi connectivity index (χ2v) is 10.0. The molecule has 158 valence electrons. The number of carbonyl (C=O) groups excluding carboxylic acids is 1. The van der Waals surface area contributed by atoms with Gasteiger partial charge in [-0.15, -0.1) is 0 Å². The van der Waals surface area contributed by atoms with E-state index in [0.29, 0.717) is 6.04 Å². The van der Waals surface area contributed by atoms with E-state index in [0.717, 1.165) is 42.0 Å². The molecular weight excluding hydrogens is 376 g/mol. The molecule has 1 atom stereocenters. The number of amides is 1. The van der Waals surface area contributed by atoms with Crippen LogP contribution in [0.3, 0.4) is 0 Å². The van der Waals surface area contributed by atoms with Crippen molar-refractivity contribution in [2.45, 2.75) is 51.5 Å². The van der Waals surface area contributed by atoms with E-state index in [9.17, 15) is 4.79 Å². The summed E-state index contributed by atoms with van der Waals surface area (Å²) in [6.45, 7) is 7.12. The Labute approximate surface area is 178 Å². The van der Waals surface area contributed by atoms with Gasteiger partial charge in [0.2, 0.25) is 12.7 Å². The Hall–Kier alpha value is -2.69. The van der Waals surface area contributed by atoms with Gasteiger partial charge in [0.1, 0.15) is 0 Å². The number of hydrogen-bond donors (Lipinski definition) is 0. The smallest absolute Gasteiger partial charge is 0.237 e. The number of likely N-dealkylation sites (N-methyl/N-ethyl adjacent to an activating group) is 2. The Bertz CT molecular complexity index is 1020. The zero-order valence-corrected chi connectivity index (χ0v) is 18.5. The number of ether oxygens (including phenoxy) is 2. The molecule has 0 spiro atoms. The lowest BCUT2D eigenvalue weighted by atomic mass is 9.84. The fourth-order valence-corrected chi connectivity index (χ4v) is 5.07. The van der Waals surface area contributed by atoms with Crippen LogP contribution < -0.4 is 19.3 Å². The van der Waals surface area contributed by atoms with Gasteiger partial charge in [-0.2, -0.15) is 0 Å². The molecule has 1 aliphatic carbocycles. The molecule has 5 rings (SSSR count). The van der Waals surface area contributed by atoms with Gasteiger partial charge < -0.3 is 19.3 Å². The summed E-state index contributed by atoms with van der Waals surface area (Å²) in [6, 6.07) is 12.8. The van der Waals surface area contributed by atoms with Crippen LogP contribution in [0.1, 0.15) is 44.7 Å². The van der Waals surface area contributed by atoms with Crippen molar-refractivity contribution in [2.75, 3.05) is 30.7 Å². The molecule has 1 fully saturated rings. The van der Waals surface area contributed by atoms with Crippen molar-refractivity contribution in [3.05, 3.63) is 47.5 Å². The third kappa shape index (κ3) is 2.86. The summed E-state index contributed by atoms with van der Waals surface area (Å²) in [6.07, 6.45) is 2.75. The molecule has 3 aliphatic rings. The lowest BCUT2D eigenvalue weighted by Crippen LogP contribution is -2.39. The van der Waals surface area contributed by atoms with E-state index in [-0.39, 0.29) is 18.1 Å². The van der Waals surface area contributed by atoms with Crippen molar-refractivity contribution < 1.29 is 14.3 Å². The molecule has 2 aliphatic heterocycles. The van der Waals surface area contributed by atoms with Crippen LogP contribution >= 0.6 is 0 Å². The van der Waals surface area contributed by atoms with Gasteiger partial charge in [0, 0.05) is 31.5 Å². The number of carbonyl (C=O) groups is 1. The van der Waals surface area contributed by atoms with Crippen LogP contribution in [-0.4, -0.2) is 32.8 Å². The van der Waals surface area contributed by atoms with Crippen molar-refractivity contribution in [2.24, 2.45) is 5.41 Å². The summed E-state index contributed by atoms with van der Waals surface area (Å²) in [5, 5.41) is 0. The van der Waals surface area contributed by atoms with Crippen LogP contribution in [0.5, 0.6) is 11.5 Å². The van der Waals surface area contributed by atoms with E-state index in [1.165, 1.54) is 11.3 Å². The predicted molar refractivity (Wildman–Crippen MR) is 119 cm³/mol. The van der Waals surface area contributed by atoms with Crippen LogP contribution in [0.15, 0.2) is 36.4 Å². The average Bonchev–Trinajstić information content (AvgIpc) is 3.26. The second kappa shape index (κ2) is 6.40. The van der Waals surface area contributed by atoms with Crippen LogP contribution in [0.25, 0.3) is 0 Å². The molecule has 2 aromatic rings. The fourth-order valence-electron chi connectivity index (χ4n) is 5.07. The summed E-state index contributed by atoms with van der Waals surface area (Å²) < 4.78 is 11.0. The third-order valence-corrected chi connectivity index (χ3v) is 7.10. The van der Waals surface area contributed by atoms with Crippen molar-refractivity contribution in [3.63, 3.8) is 0 Å². The molecule has 0 N–H and O–H groups in total. The van der Waals surface area contributed by atoms with E-state index in [2.05, 4.69) is 50.9 Å². The summed E-state index contributed by atoms with van der Waals surface area (Å²) >= 11 is 0. The Morgan fingerprint density at radius 2 is 1.83 bits per heavy atom. The Balaban J connectivity index is 1.41. The monoisotopic (exact) mass is 406 g/mol. The molecule has 0 saturated heterocycles. The maximum absolute atomic E-state index is 13.6. The topological polar surface area (TPSA) is 42.0 Å². The summed E-state index contributed by atoms with van der Waals surface area (Å²) in [5.41, 5.74) is 4.34. The number of benzene rings is 2. The van der Waals surface area contributed by atoms with Gasteiger partial charge in [0.25, 0.3) is 0 Å². The maximum atomic E-state index is 13.6. The number of fused-ring (bicyclic) bond motifs is 2. The van der Waals surface area contributed by atoms with Gasteiger partial charge in [-0.05, 0) is 66.1 Å². The lowest BCUT2D eigenvalue weighted by molar-refractivity contribution is -0.120. The summed E-state index contributed by atoms with van der Waals surface area (Å²) in [7, 11) is 4.08. The first-order chi connectivity index (χ1) is 14.2. The molecule has 1 amide bonds. The van der Waals surface area contributed by atoms with Crippen LogP contribution in [0.4, 0.5) is 11.4 Å². The first kappa shape index (κ1) is 19.3. The second-order valence-electron chi connectivity index (χ2n) is 10.0. The van der Waals surface area contributed by atoms with E-state index >= 15 is 0 Å². The highest BCUT2D eigenvalue weighted by Crippen LogP contribution is 2.52. The number of anilines is 2. The molecule has 5 heteroatoms. The van der Waals surface area contributed by atoms with Crippen molar-refractivity contribution in [1.82, 2.24) is 0 Å².